The first kappa shape index (κ1) is 19.0. The second-order valence-corrected chi connectivity index (χ2v) is 6.61. The lowest BCUT2D eigenvalue weighted by atomic mass is 10.1. The van der Waals surface area contributed by atoms with Crippen LogP contribution in [0.15, 0.2) is 53.5 Å². The van der Waals surface area contributed by atoms with Gasteiger partial charge in [-0.05, 0) is 23.3 Å². The van der Waals surface area contributed by atoms with E-state index in [1.165, 1.54) is 11.1 Å². The predicted octanol–water partition coefficient (Wildman–Crippen LogP) is 2.44. The van der Waals surface area contributed by atoms with E-state index >= 15 is 0 Å². The number of benzene rings is 2. The molecule has 1 heterocycles. The molecule has 0 spiro atoms. The van der Waals surface area contributed by atoms with E-state index in [9.17, 15) is 5.11 Å². The summed E-state index contributed by atoms with van der Waals surface area (Å²) in [4.78, 5) is 8.91. The fourth-order valence-electron chi connectivity index (χ4n) is 3.32. The Hall–Kier alpha value is -2.73. The van der Waals surface area contributed by atoms with Gasteiger partial charge in [-0.1, -0.05) is 36.4 Å². The third kappa shape index (κ3) is 4.92. The van der Waals surface area contributed by atoms with Crippen LogP contribution in [0.25, 0.3) is 0 Å². The molecular formula is C21H28N4O2. The van der Waals surface area contributed by atoms with E-state index in [2.05, 4.69) is 44.4 Å². The van der Waals surface area contributed by atoms with Gasteiger partial charge in [0.05, 0.1) is 12.3 Å². The van der Waals surface area contributed by atoms with Crippen LogP contribution in [0.5, 0.6) is 5.75 Å². The number of anilines is 1. The molecule has 0 saturated carbocycles. The van der Waals surface area contributed by atoms with Crippen LogP contribution in [0.3, 0.4) is 0 Å². The number of piperazine rings is 1. The van der Waals surface area contributed by atoms with Crippen molar-refractivity contribution in [2.75, 3.05) is 45.2 Å². The number of nitrogens with zero attached hydrogens (tertiary/aromatic N) is 3. The highest BCUT2D eigenvalue weighted by Crippen LogP contribution is 2.27. The van der Waals surface area contributed by atoms with Crippen LogP contribution in [0.2, 0.25) is 0 Å². The third-order valence-electron chi connectivity index (χ3n) is 4.80. The standard InChI is InChI=1S/C21H28N4O2/c1-22-21(23-15-17-7-9-18(10-8-17)16-27-2)25-13-11-24(12-14-25)19-5-3-4-6-20(19)26/h3-10,26H,11-16H2,1-2H3,(H,22,23). The number of phenols is 1. The molecule has 0 radical (unpaired) electrons. The Balaban J connectivity index is 1.52. The topological polar surface area (TPSA) is 60.3 Å². The predicted molar refractivity (Wildman–Crippen MR) is 109 cm³/mol. The van der Waals surface area contributed by atoms with Crippen LogP contribution < -0.4 is 10.2 Å². The number of nitrogens with one attached hydrogen (secondary N) is 1. The van der Waals surface area contributed by atoms with E-state index in [4.69, 9.17) is 4.74 Å². The van der Waals surface area contributed by atoms with E-state index in [1.807, 2.05) is 25.2 Å². The fraction of sp³-hybridized carbons (Fsp3) is 0.381. The number of phenolic OH excluding ortho intramolecular Hbond substituents is 1. The van der Waals surface area contributed by atoms with Gasteiger partial charge in [0.2, 0.25) is 0 Å². The molecule has 1 aliphatic rings. The largest absolute Gasteiger partial charge is 0.506 e. The Labute approximate surface area is 161 Å². The molecule has 0 atom stereocenters. The quantitative estimate of drug-likeness (QED) is 0.627. The molecule has 1 fully saturated rings. The monoisotopic (exact) mass is 368 g/mol. The molecule has 1 saturated heterocycles. The Morgan fingerprint density at radius 3 is 2.33 bits per heavy atom. The number of methoxy groups -OCH3 is 1. The van der Waals surface area contributed by atoms with Gasteiger partial charge in [-0.3, -0.25) is 4.99 Å². The molecule has 2 aromatic carbocycles. The van der Waals surface area contributed by atoms with E-state index < -0.39 is 0 Å². The van der Waals surface area contributed by atoms with Crippen molar-refractivity contribution in [1.82, 2.24) is 10.2 Å². The number of guanidine groups is 1. The molecular weight excluding hydrogens is 340 g/mol. The molecule has 0 amide bonds. The second kappa shape index (κ2) is 9.28. The summed E-state index contributed by atoms with van der Waals surface area (Å²) < 4.78 is 5.15. The Morgan fingerprint density at radius 1 is 1.04 bits per heavy atom. The summed E-state index contributed by atoms with van der Waals surface area (Å²) in [7, 11) is 3.53. The average molecular weight is 368 g/mol. The Bertz CT molecular complexity index is 753. The molecule has 144 valence electrons. The van der Waals surface area contributed by atoms with Crippen molar-refractivity contribution in [3.63, 3.8) is 0 Å². The van der Waals surface area contributed by atoms with Crippen molar-refractivity contribution in [3.05, 3.63) is 59.7 Å². The lowest BCUT2D eigenvalue weighted by Crippen LogP contribution is -2.52. The maximum atomic E-state index is 10.0. The van der Waals surface area contributed by atoms with Crippen LogP contribution in [0, 0.1) is 0 Å². The molecule has 6 nitrogen and oxygen atoms in total. The molecule has 0 aliphatic carbocycles. The number of hydrogen-bond donors (Lipinski definition) is 2. The lowest BCUT2D eigenvalue weighted by Gasteiger charge is -2.37. The first-order valence-corrected chi connectivity index (χ1v) is 9.26. The number of aromatic hydroxyl groups is 1. The van der Waals surface area contributed by atoms with Gasteiger partial charge in [-0.15, -0.1) is 0 Å². The highest BCUT2D eigenvalue weighted by molar-refractivity contribution is 5.80. The molecule has 3 rings (SSSR count). The number of aliphatic imine (C=N–C) groups is 1. The van der Waals surface area contributed by atoms with Gasteiger partial charge in [0, 0.05) is 46.9 Å². The summed E-state index contributed by atoms with van der Waals surface area (Å²) in [6, 6.07) is 15.9. The Kier molecular flexibility index (Phi) is 6.54. The third-order valence-corrected chi connectivity index (χ3v) is 4.80. The molecule has 2 N–H and O–H groups in total. The molecule has 2 aromatic rings. The highest BCUT2D eigenvalue weighted by atomic mass is 16.5. The zero-order valence-electron chi connectivity index (χ0n) is 16.1. The van der Waals surface area contributed by atoms with Gasteiger partial charge in [0.15, 0.2) is 5.96 Å². The fourth-order valence-corrected chi connectivity index (χ4v) is 3.32. The van der Waals surface area contributed by atoms with Crippen molar-refractivity contribution < 1.29 is 9.84 Å². The van der Waals surface area contributed by atoms with Crippen molar-refractivity contribution >= 4 is 11.6 Å². The first-order valence-electron chi connectivity index (χ1n) is 9.26. The van der Waals surface area contributed by atoms with Gasteiger partial charge in [0.1, 0.15) is 5.75 Å². The summed E-state index contributed by atoms with van der Waals surface area (Å²) in [5, 5.41) is 13.5. The molecule has 0 aromatic heterocycles. The summed E-state index contributed by atoms with van der Waals surface area (Å²) >= 11 is 0. The number of ether oxygens (including phenoxy) is 1. The van der Waals surface area contributed by atoms with Crippen molar-refractivity contribution in [1.29, 1.82) is 0 Å². The van der Waals surface area contributed by atoms with E-state index in [0.717, 1.165) is 44.4 Å². The Morgan fingerprint density at radius 2 is 1.70 bits per heavy atom. The summed E-state index contributed by atoms with van der Waals surface area (Å²) in [6.07, 6.45) is 0. The summed E-state index contributed by atoms with van der Waals surface area (Å²) in [6.45, 7) is 4.80. The zero-order valence-corrected chi connectivity index (χ0v) is 16.1. The smallest absolute Gasteiger partial charge is 0.194 e. The number of rotatable bonds is 5. The van der Waals surface area contributed by atoms with Crippen molar-refractivity contribution in [2.24, 2.45) is 4.99 Å². The summed E-state index contributed by atoms with van der Waals surface area (Å²) in [5.41, 5.74) is 3.28. The van der Waals surface area contributed by atoms with Crippen LogP contribution in [-0.2, 0) is 17.9 Å². The normalized spacial score (nSPS) is 15.1. The van der Waals surface area contributed by atoms with Crippen LogP contribution >= 0.6 is 0 Å². The minimum atomic E-state index is 0.338. The van der Waals surface area contributed by atoms with E-state index in [0.29, 0.717) is 12.4 Å². The average Bonchev–Trinajstić information content (AvgIpc) is 2.71. The van der Waals surface area contributed by atoms with Crippen LogP contribution in [0.4, 0.5) is 5.69 Å². The minimum absolute atomic E-state index is 0.338. The maximum absolute atomic E-state index is 10.0. The molecule has 1 aliphatic heterocycles. The van der Waals surface area contributed by atoms with E-state index in [1.54, 1.807) is 13.2 Å². The van der Waals surface area contributed by atoms with Gasteiger partial charge in [-0.25, -0.2) is 0 Å². The zero-order chi connectivity index (χ0) is 19.1. The maximum Gasteiger partial charge on any atom is 0.194 e. The molecule has 6 heteroatoms. The van der Waals surface area contributed by atoms with Gasteiger partial charge >= 0.3 is 0 Å². The van der Waals surface area contributed by atoms with Crippen LogP contribution in [-0.4, -0.2) is 56.3 Å². The van der Waals surface area contributed by atoms with Gasteiger partial charge in [-0.2, -0.15) is 0 Å². The van der Waals surface area contributed by atoms with E-state index in [-0.39, 0.29) is 0 Å². The molecule has 0 unspecified atom stereocenters. The molecule has 0 bridgehead atoms. The second-order valence-electron chi connectivity index (χ2n) is 6.61. The SMILES string of the molecule is CN=C(NCc1ccc(COC)cc1)N1CCN(c2ccccc2O)CC1. The van der Waals surface area contributed by atoms with Gasteiger partial charge in [0.25, 0.3) is 0 Å². The van der Waals surface area contributed by atoms with Crippen LogP contribution in [0.1, 0.15) is 11.1 Å². The first-order chi connectivity index (χ1) is 13.2. The molecule has 27 heavy (non-hydrogen) atoms. The van der Waals surface area contributed by atoms with Gasteiger partial charge < -0.3 is 25.0 Å². The highest BCUT2D eigenvalue weighted by Gasteiger charge is 2.21. The summed E-state index contributed by atoms with van der Waals surface area (Å²) in [5.74, 6) is 1.25. The lowest BCUT2D eigenvalue weighted by molar-refractivity contribution is 0.185. The minimum Gasteiger partial charge on any atom is -0.506 e. The van der Waals surface area contributed by atoms with Crippen molar-refractivity contribution in [3.8, 4) is 5.75 Å². The number of para-hydroxylation sites is 2. The van der Waals surface area contributed by atoms with Crippen molar-refractivity contribution in [2.45, 2.75) is 13.2 Å². The number of hydrogen-bond acceptors (Lipinski definition) is 4.